The zero-order valence-electron chi connectivity index (χ0n) is 12.0. The number of hydrogen-bond donors (Lipinski definition) is 1. The molecule has 3 unspecified atom stereocenters. The number of imidazole rings is 1. The van der Waals surface area contributed by atoms with Gasteiger partial charge in [-0.15, -0.1) is 4.52 Å². The van der Waals surface area contributed by atoms with Crippen LogP contribution in [0, 0.1) is 6.92 Å². The molecule has 3 rings (SSSR count). The Hall–Kier alpha value is -1.54. The molecule has 0 radical (unpaired) electrons. The predicted molar refractivity (Wildman–Crippen MR) is 74.4 cm³/mol. The summed E-state index contributed by atoms with van der Waals surface area (Å²) in [5.74, 6) is 0. The molecule has 0 saturated carbocycles. The summed E-state index contributed by atoms with van der Waals surface area (Å²) < 4.78 is 37.9. The van der Waals surface area contributed by atoms with Crippen LogP contribution in [0.4, 0.5) is 4.39 Å². The first-order valence-corrected chi connectivity index (χ1v) is 8.27. The lowest BCUT2D eigenvalue weighted by Crippen LogP contribution is -2.32. The second kappa shape index (κ2) is 5.92. The van der Waals surface area contributed by atoms with E-state index in [2.05, 4.69) is 15.0 Å². The summed E-state index contributed by atoms with van der Waals surface area (Å²) in [6.45, 7) is 2.66. The van der Waals surface area contributed by atoms with Crippen LogP contribution in [-0.2, 0) is 13.8 Å². The first kappa shape index (κ1) is 15.4. The minimum absolute atomic E-state index is 0.429. The van der Waals surface area contributed by atoms with Gasteiger partial charge >= 0.3 is 8.03 Å². The zero-order chi connectivity index (χ0) is 15.9. The number of halogens is 1. The molecule has 1 fully saturated rings. The molecule has 0 amide bonds. The highest BCUT2D eigenvalue weighted by atomic mass is 31.1. The summed E-state index contributed by atoms with van der Waals surface area (Å²) in [6, 6.07) is 0. The average Bonchev–Trinajstić information content (AvgIpc) is 3.02. The topological polar surface area (TPSA) is 99.4 Å². The highest BCUT2D eigenvalue weighted by molar-refractivity contribution is 7.38. The van der Waals surface area contributed by atoms with Crippen molar-refractivity contribution in [2.24, 2.45) is 0 Å². The predicted octanol–water partition coefficient (Wildman–Crippen LogP) is 1.12. The second-order valence-corrected chi connectivity index (χ2v) is 6.08. The van der Waals surface area contributed by atoms with Crippen LogP contribution in [0.25, 0.3) is 11.2 Å². The molecule has 1 aliphatic heterocycles. The van der Waals surface area contributed by atoms with E-state index in [9.17, 15) is 14.1 Å². The summed E-state index contributed by atoms with van der Waals surface area (Å²) in [5, 5.41) is 9.32. The lowest BCUT2D eigenvalue weighted by molar-refractivity contribution is -0.0429. The summed E-state index contributed by atoms with van der Waals surface area (Å²) in [5.41, 5.74) is 1.64. The molecule has 2 aromatic rings. The van der Waals surface area contributed by atoms with Gasteiger partial charge in [0, 0.05) is 0 Å². The number of aryl methyl sites for hydroxylation is 1. The van der Waals surface area contributed by atoms with Crippen LogP contribution in [0.5, 0.6) is 0 Å². The van der Waals surface area contributed by atoms with E-state index in [1.165, 1.54) is 23.9 Å². The van der Waals surface area contributed by atoms with Crippen LogP contribution in [-0.4, -0.2) is 56.3 Å². The standard InChI is InChI=1S/C12H15FN4O4P/c1-6-9-11(15-4-14-6)17(5-16-9)12-8(13)10(21-22(2)19)7(3-18)20-12/h4-5,7-8,10,12,18H,3H2,1-2H3/q+1/t7?,8-,10-,12?/m1/s1. The number of ether oxygens (including phenoxy) is 1. The number of aliphatic hydroxyl groups excluding tert-OH is 1. The highest BCUT2D eigenvalue weighted by Gasteiger charge is 2.50. The third kappa shape index (κ3) is 2.50. The van der Waals surface area contributed by atoms with Gasteiger partial charge in [-0.1, -0.05) is 0 Å². The minimum atomic E-state index is -2.02. The van der Waals surface area contributed by atoms with Crippen molar-refractivity contribution >= 4 is 19.2 Å². The number of fused-ring (bicyclic) bond motifs is 1. The Morgan fingerprint density at radius 3 is 2.95 bits per heavy atom. The SMILES string of the molecule is Cc1ncnc2c1ncn2C1OC(CO)[C@@H](O[P+](C)=O)[C@H]1F. The van der Waals surface area contributed by atoms with Crippen LogP contribution in [0.2, 0.25) is 0 Å². The Labute approximate surface area is 126 Å². The van der Waals surface area contributed by atoms with Crippen molar-refractivity contribution in [2.75, 3.05) is 13.3 Å². The molecule has 3 heterocycles. The summed E-state index contributed by atoms with van der Waals surface area (Å²) in [7, 11) is -2.02. The normalized spacial score (nSPS) is 29.2. The largest absolute Gasteiger partial charge is 0.505 e. The van der Waals surface area contributed by atoms with Gasteiger partial charge in [0.15, 0.2) is 30.8 Å². The molecule has 1 aliphatic rings. The van der Waals surface area contributed by atoms with Gasteiger partial charge in [-0.25, -0.2) is 19.3 Å². The van der Waals surface area contributed by atoms with E-state index in [0.29, 0.717) is 16.9 Å². The maximum atomic E-state index is 14.7. The van der Waals surface area contributed by atoms with Crippen LogP contribution in [0.3, 0.4) is 0 Å². The van der Waals surface area contributed by atoms with E-state index in [1.807, 2.05) is 0 Å². The fourth-order valence-corrected chi connectivity index (χ4v) is 3.11. The molecule has 1 saturated heterocycles. The molecule has 118 valence electrons. The van der Waals surface area contributed by atoms with Crippen molar-refractivity contribution in [3.63, 3.8) is 0 Å². The Morgan fingerprint density at radius 2 is 2.27 bits per heavy atom. The highest BCUT2D eigenvalue weighted by Crippen LogP contribution is 2.38. The molecular formula is C12H15FN4O4P+. The lowest BCUT2D eigenvalue weighted by Gasteiger charge is -2.14. The Bertz CT molecular complexity index is 711. The number of aromatic nitrogens is 4. The summed E-state index contributed by atoms with van der Waals surface area (Å²) in [4.78, 5) is 12.3. The van der Waals surface area contributed by atoms with Gasteiger partial charge in [0.25, 0.3) is 0 Å². The van der Waals surface area contributed by atoms with Crippen LogP contribution in [0.15, 0.2) is 12.7 Å². The van der Waals surface area contributed by atoms with Gasteiger partial charge in [0.1, 0.15) is 17.9 Å². The van der Waals surface area contributed by atoms with E-state index in [0.717, 1.165) is 0 Å². The molecule has 2 aromatic heterocycles. The fourth-order valence-electron chi connectivity index (χ4n) is 2.52. The van der Waals surface area contributed by atoms with Gasteiger partial charge in [-0.3, -0.25) is 4.57 Å². The van der Waals surface area contributed by atoms with E-state index < -0.39 is 39.2 Å². The molecule has 22 heavy (non-hydrogen) atoms. The van der Waals surface area contributed by atoms with Crippen molar-refractivity contribution in [3.05, 3.63) is 18.3 Å². The van der Waals surface area contributed by atoms with Crippen LogP contribution < -0.4 is 0 Å². The number of hydrogen-bond acceptors (Lipinski definition) is 7. The minimum Gasteiger partial charge on any atom is -0.394 e. The van der Waals surface area contributed by atoms with Crippen LogP contribution >= 0.6 is 8.03 Å². The van der Waals surface area contributed by atoms with E-state index in [1.54, 1.807) is 6.92 Å². The number of rotatable bonds is 4. The maximum absolute atomic E-state index is 14.7. The molecule has 1 N–H and O–H groups in total. The second-order valence-electron chi connectivity index (χ2n) is 4.98. The molecule has 0 spiro atoms. The molecular weight excluding hydrogens is 314 g/mol. The van der Waals surface area contributed by atoms with Gasteiger partial charge in [0.2, 0.25) is 0 Å². The lowest BCUT2D eigenvalue weighted by atomic mass is 10.1. The van der Waals surface area contributed by atoms with E-state index in [-0.39, 0.29) is 0 Å². The van der Waals surface area contributed by atoms with E-state index in [4.69, 9.17) is 9.26 Å². The zero-order valence-corrected chi connectivity index (χ0v) is 12.9. The molecule has 10 heteroatoms. The molecule has 0 aliphatic carbocycles. The number of alkyl halides is 1. The average molecular weight is 329 g/mol. The molecule has 0 bridgehead atoms. The first-order chi connectivity index (χ1) is 10.5. The van der Waals surface area contributed by atoms with Crippen LogP contribution in [0.1, 0.15) is 11.9 Å². The number of nitrogens with zero attached hydrogens (tertiary/aromatic N) is 4. The fraction of sp³-hybridized carbons (Fsp3) is 0.583. The number of aliphatic hydroxyl groups is 1. The van der Waals surface area contributed by atoms with Crippen molar-refractivity contribution in [3.8, 4) is 0 Å². The van der Waals surface area contributed by atoms with Crippen molar-refractivity contribution < 1.29 is 23.3 Å². The Morgan fingerprint density at radius 1 is 1.50 bits per heavy atom. The van der Waals surface area contributed by atoms with Gasteiger partial charge in [-0.05, 0) is 11.5 Å². The van der Waals surface area contributed by atoms with Gasteiger partial charge < -0.3 is 9.84 Å². The Balaban J connectivity index is 1.97. The molecule has 0 aromatic carbocycles. The van der Waals surface area contributed by atoms with Crippen molar-refractivity contribution in [1.82, 2.24) is 19.5 Å². The molecule has 5 atom stereocenters. The quantitative estimate of drug-likeness (QED) is 0.839. The third-order valence-electron chi connectivity index (χ3n) is 3.53. The Kier molecular flexibility index (Phi) is 4.14. The van der Waals surface area contributed by atoms with Gasteiger partial charge in [0.05, 0.1) is 18.6 Å². The smallest absolute Gasteiger partial charge is 0.394 e. The summed E-state index contributed by atoms with van der Waals surface area (Å²) in [6.07, 6.45) is -1.91. The van der Waals surface area contributed by atoms with E-state index >= 15 is 0 Å². The first-order valence-electron chi connectivity index (χ1n) is 6.65. The summed E-state index contributed by atoms with van der Waals surface area (Å²) >= 11 is 0. The third-order valence-corrected chi connectivity index (χ3v) is 4.07. The molecule has 8 nitrogen and oxygen atoms in total. The van der Waals surface area contributed by atoms with Crippen molar-refractivity contribution in [2.45, 2.75) is 31.5 Å². The van der Waals surface area contributed by atoms with Crippen molar-refractivity contribution in [1.29, 1.82) is 0 Å². The monoisotopic (exact) mass is 329 g/mol. The maximum Gasteiger partial charge on any atom is 0.505 e. The van der Waals surface area contributed by atoms with Gasteiger partial charge in [-0.2, -0.15) is 0 Å².